The van der Waals surface area contributed by atoms with Gasteiger partial charge in [0.15, 0.2) is 0 Å². The number of rotatable bonds is 3. The van der Waals surface area contributed by atoms with Crippen molar-refractivity contribution in [3.05, 3.63) is 30.3 Å². The van der Waals surface area contributed by atoms with Gasteiger partial charge in [0.25, 0.3) is 0 Å². The number of nitrogens with zero attached hydrogens (tertiary/aromatic N) is 1. The average Bonchev–Trinajstić information content (AvgIpc) is 2.07. The van der Waals surface area contributed by atoms with Crippen molar-refractivity contribution in [3.8, 4) is 0 Å². The first-order valence-electron chi connectivity index (χ1n) is 3.92. The molecule has 0 aliphatic heterocycles. The quantitative estimate of drug-likeness (QED) is 0.700. The third-order valence-corrected chi connectivity index (χ3v) is 2.73. The normalized spacial score (nSPS) is 12.5. The van der Waals surface area contributed by atoms with Gasteiger partial charge in [-0.2, -0.15) is 0 Å². The Morgan fingerprint density at radius 3 is 2.33 bits per heavy atom. The monoisotopic (exact) mass is 183 g/mol. The molecule has 0 radical (unpaired) electrons. The van der Waals surface area contributed by atoms with Crippen LogP contribution in [0.5, 0.6) is 0 Å². The molecule has 2 nitrogen and oxygen atoms in total. The Morgan fingerprint density at radius 2 is 1.92 bits per heavy atom. The van der Waals surface area contributed by atoms with Crippen LogP contribution >= 0.6 is 0 Å². The average molecular weight is 183 g/mol. The minimum absolute atomic E-state index is 0.771. The number of para-hydroxylation sites is 1. The summed E-state index contributed by atoms with van der Waals surface area (Å²) >= 11 is 0. The molecule has 1 rings (SSSR count). The first kappa shape index (κ1) is 9.26. The highest BCUT2D eigenvalue weighted by Crippen LogP contribution is 2.13. The second kappa shape index (κ2) is 4.26. The molecule has 0 heterocycles. The molecule has 1 unspecified atom stereocenters. The molecule has 0 fully saturated rings. The molecule has 0 saturated heterocycles. The van der Waals surface area contributed by atoms with Gasteiger partial charge in [0.2, 0.25) is 0 Å². The van der Waals surface area contributed by atoms with Crippen LogP contribution in [0.15, 0.2) is 30.3 Å². The van der Waals surface area contributed by atoms with Crippen molar-refractivity contribution in [2.24, 2.45) is 0 Å². The Labute approximate surface area is 75.8 Å². The largest absolute Gasteiger partial charge is 0.292 e. The van der Waals surface area contributed by atoms with Gasteiger partial charge in [-0.05, 0) is 19.1 Å². The van der Waals surface area contributed by atoms with Crippen LogP contribution in [0.25, 0.3) is 0 Å². The van der Waals surface area contributed by atoms with E-state index in [0.29, 0.717) is 0 Å². The van der Waals surface area contributed by atoms with Gasteiger partial charge in [-0.1, -0.05) is 18.2 Å². The van der Waals surface area contributed by atoms with Gasteiger partial charge in [-0.15, -0.1) is 0 Å². The van der Waals surface area contributed by atoms with Crippen LogP contribution in [0, 0.1) is 0 Å². The van der Waals surface area contributed by atoms with E-state index in [4.69, 9.17) is 0 Å². The fraction of sp³-hybridized carbons (Fsp3) is 0.333. The van der Waals surface area contributed by atoms with Gasteiger partial charge in [0.1, 0.15) is 11.0 Å². The molecule has 3 heteroatoms. The van der Waals surface area contributed by atoms with Crippen LogP contribution in [-0.2, 0) is 11.0 Å². The van der Waals surface area contributed by atoms with Gasteiger partial charge >= 0.3 is 0 Å². The highest BCUT2D eigenvalue weighted by Gasteiger charge is 2.05. The second-order valence-electron chi connectivity index (χ2n) is 2.45. The summed E-state index contributed by atoms with van der Waals surface area (Å²) in [6.07, 6.45) is 1.69. The van der Waals surface area contributed by atoms with Gasteiger partial charge < -0.3 is 0 Å². The predicted octanol–water partition coefficient (Wildman–Crippen LogP) is 1.81. The molecular formula is C9H13NOS. The molecule has 0 aliphatic carbocycles. The zero-order chi connectivity index (χ0) is 8.97. The van der Waals surface area contributed by atoms with Crippen LogP contribution < -0.4 is 4.31 Å². The molecule has 12 heavy (non-hydrogen) atoms. The Bertz CT molecular complexity index is 260. The molecule has 0 spiro atoms. The highest BCUT2D eigenvalue weighted by molar-refractivity contribution is 7.85. The molecule has 66 valence electrons. The Balaban J connectivity index is 2.88. The predicted molar refractivity (Wildman–Crippen MR) is 53.5 cm³/mol. The first-order valence-corrected chi connectivity index (χ1v) is 5.43. The smallest absolute Gasteiger partial charge is 0.116 e. The number of benzene rings is 1. The van der Waals surface area contributed by atoms with Gasteiger partial charge in [0, 0.05) is 18.5 Å². The molecule has 0 aliphatic rings. The van der Waals surface area contributed by atoms with E-state index < -0.39 is 11.0 Å². The maximum atomic E-state index is 11.2. The van der Waals surface area contributed by atoms with Crippen LogP contribution in [-0.4, -0.2) is 17.0 Å². The molecule has 0 saturated carbocycles. The number of hydrogen-bond donors (Lipinski definition) is 0. The summed E-state index contributed by atoms with van der Waals surface area (Å²) in [5.41, 5.74) is 1.01. The summed E-state index contributed by atoms with van der Waals surface area (Å²) in [5, 5.41) is 0. The molecule has 0 N–H and O–H groups in total. The lowest BCUT2D eigenvalue weighted by atomic mass is 10.3. The van der Waals surface area contributed by atoms with Crippen LogP contribution in [0.4, 0.5) is 5.69 Å². The summed E-state index contributed by atoms with van der Waals surface area (Å²) in [4.78, 5) is 0. The van der Waals surface area contributed by atoms with E-state index in [-0.39, 0.29) is 0 Å². The van der Waals surface area contributed by atoms with Gasteiger partial charge in [-0.25, -0.2) is 4.21 Å². The molecule has 0 bridgehead atoms. The maximum absolute atomic E-state index is 11.2. The van der Waals surface area contributed by atoms with E-state index in [2.05, 4.69) is 0 Å². The Kier molecular flexibility index (Phi) is 3.29. The standard InChI is InChI=1S/C9H13NOS/c1-3-10(12(2)11)9-7-5-4-6-8-9/h4-8H,3H2,1-2H3. The minimum atomic E-state index is -0.921. The van der Waals surface area contributed by atoms with Gasteiger partial charge in [0.05, 0.1) is 0 Å². The second-order valence-corrected chi connectivity index (χ2v) is 3.74. The molecule has 1 aromatic carbocycles. The maximum Gasteiger partial charge on any atom is 0.116 e. The third-order valence-electron chi connectivity index (χ3n) is 1.64. The third kappa shape index (κ3) is 2.08. The van der Waals surface area contributed by atoms with E-state index in [0.717, 1.165) is 12.2 Å². The van der Waals surface area contributed by atoms with Crippen molar-refractivity contribution < 1.29 is 4.21 Å². The number of hydrogen-bond acceptors (Lipinski definition) is 1. The van der Waals surface area contributed by atoms with Gasteiger partial charge in [-0.3, -0.25) is 4.31 Å². The van der Waals surface area contributed by atoms with Crippen molar-refractivity contribution in [3.63, 3.8) is 0 Å². The fourth-order valence-electron chi connectivity index (χ4n) is 1.11. The lowest BCUT2D eigenvalue weighted by molar-refractivity contribution is 0.683. The summed E-state index contributed by atoms with van der Waals surface area (Å²) in [6, 6.07) is 9.78. The minimum Gasteiger partial charge on any atom is -0.292 e. The zero-order valence-corrected chi connectivity index (χ0v) is 8.17. The molecule has 1 atom stereocenters. The molecule has 0 amide bonds. The van der Waals surface area contributed by atoms with Crippen LogP contribution in [0.3, 0.4) is 0 Å². The van der Waals surface area contributed by atoms with Crippen molar-refractivity contribution in [1.82, 2.24) is 0 Å². The summed E-state index contributed by atoms with van der Waals surface area (Å²) in [5.74, 6) is 0. The first-order chi connectivity index (χ1) is 5.75. The Hall–Kier alpha value is -0.830. The summed E-state index contributed by atoms with van der Waals surface area (Å²) in [6.45, 7) is 2.77. The highest BCUT2D eigenvalue weighted by atomic mass is 32.2. The Morgan fingerprint density at radius 1 is 1.33 bits per heavy atom. The zero-order valence-electron chi connectivity index (χ0n) is 7.36. The van der Waals surface area contributed by atoms with Crippen molar-refractivity contribution in [2.75, 3.05) is 17.1 Å². The van der Waals surface area contributed by atoms with Crippen molar-refractivity contribution in [2.45, 2.75) is 6.92 Å². The topological polar surface area (TPSA) is 20.3 Å². The molecular weight excluding hydrogens is 170 g/mol. The lowest BCUT2D eigenvalue weighted by Crippen LogP contribution is -2.23. The summed E-state index contributed by atoms with van der Waals surface area (Å²) < 4.78 is 13.1. The SMILES string of the molecule is CCN(c1ccccc1)S(C)=O. The van der Waals surface area contributed by atoms with E-state index in [1.165, 1.54) is 0 Å². The summed E-state index contributed by atoms with van der Waals surface area (Å²) in [7, 11) is -0.921. The van der Waals surface area contributed by atoms with Crippen molar-refractivity contribution >= 4 is 16.7 Å². The van der Waals surface area contributed by atoms with E-state index in [9.17, 15) is 4.21 Å². The van der Waals surface area contributed by atoms with Crippen LogP contribution in [0.2, 0.25) is 0 Å². The number of anilines is 1. The fourth-order valence-corrected chi connectivity index (χ4v) is 1.89. The van der Waals surface area contributed by atoms with E-state index in [1.807, 2.05) is 41.6 Å². The van der Waals surface area contributed by atoms with Crippen LogP contribution in [0.1, 0.15) is 6.92 Å². The molecule has 0 aromatic heterocycles. The van der Waals surface area contributed by atoms with E-state index in [1.54, 1.807) is 6.26 Å². The van der Waals surface area contributed by atoms with E-state index >= 15 is 0 Å². The molecule has 1 aromatic rings. The lowest BCUT2D eigenvalue weighted by Gasteiger charge is -2.18. The van der Waals surface area contributed by atoms with Crippen molar-refractivity contribution in [1.29, 1.82) is 0 Å².